The van der Waals surface area contributed by atoms with Gasteiger partial charge in [0.1, 0.15) is 18.3 Å². The van der Waals surface area contributed by atoms with Crippen LogP contribution in [-0.4, -0.2) is 77.7 Å². The van der Waals surface area contributed by atoms with Crippen molar-refractivity contribution in [1.82, 2.24) is 0 Å². The van der Waals surface area contributed by atoms with Gasteiger partial charge in [-0.2, -0.15) is 0 Å². The molecular formula is C16H25NO7. The van der Waals surface area contributed by atoms with Crippen molar-refractivity contribution in [3.05, 3.63) is 29.8 Å². The zero-order chi connectivity index (χ0) is 18.1. The second kappa shape index (κ2) is 10.2. The third-order valence-electron chi connectivity index (χ3n) is 3.48. The molecule has 0 aromatic heterocycles. The second-order valence-corrected chi connectivity index (χ2v) is 5.19. The van der Waals surface area contributed by atoms with Gasteiger partial charge in [-0.15, -0.1) is 0 Å². The van der Waals surface area contributed by atoms with Crippen LogP contribution in [0.1, 0.15) is 17.3 Å². The molecule has 0 radical (unpaired) electrons. The number of carbonyl (C=O) groups is 1. The standard InChI is InChI=1S/C16H25NO7/c1-3-24-16(22)10-4-6-11(7-5-10)17-8-12(19)14(21)15(23-2)13(20)9-18/h4-7,12-15,17-21H,3,8-9H2,1-2H3. The molecule has 5 N–H and O–H groups in total. The van der Waals surface area contributed by atoms with E-state index < -0.39 is 37.0 Å². The van der Waals surface area contributed by atoms with Gasteiger partial charge in [0.05, 0.1) is 24.9 Å². The number of methoxy groups -OCH3 is 1. The molecule has 0 amide bonds. The molecule has 8 nitrogen and oxygen atoms in total. The first-order valence-electron chi connectivity index (χ1n) is 7.63. The zero-order valence-corrected chi connectivity index (χ0v) is 13.8. The molecule has 0 heterocycles. The second-order valence-electron chi connectivity index (χ2n) is 5.19. The van der Waals surface area contributed by atoms with E-state index in [0.29, 0.717) is 17.9 Å². The highest BCUT2D eigenvalue weighted by Gasteiger charge is 2.31. The fourth-order valence-corrected chi connectivity index (χ4v) is 2.13. The lowest BCUT2D eigenvalue weighted by atomic mass is 10.0. The van der Waals surface area contributed by atoms with Crippen molar-refractivity contribution in [3.63, 3.8) is 0 Å². The van der Waals surface area contributed by atoms with Gasteiger partial charge in [0, 0.05) is 19.3 Å². The summed E-state index contributed by atoms with van der Waals surface area (Å²) in [6.45, 7) is 1.41. The quantitative estimate of drug-likeness (QED) is 0.355. The SMILES string of the molecule is CCOC(=O)c1ccc(NCC(O)C(O)C(OC)C(O)CO)cc1. The lowest BCUT2D eigenvalue weighted by Crippen LogP contribution is -2.49. The number of carbonyl (C=O) groups excluding carboxylic acids is 1. The Balaban J connectivity index is 2.57. The van der Waals surface area contributed by atoms with Crippen LogP contribution in [0, 0.1) is 0 Å². The topological polar surface area (TPSA) is 128 Å². The average molecular weight is 343 g/mol. The Morgan fingerprint density at radius 3 is 2.29 bits per heavy atom. The molecule has 0 spiro atoms. The van der Waals surface area contributed by atoms with E-state index in [1.807, 2.05) is 0 Å². The van der Waals surface area contributed by atoms with E-state index in [1.165, 1.54) is 7.11 Å². The van der Waals surface area contributed by atoms with Crippen LogP contribution < -0.4 is 5.32 Å². The number of aliphatic hydroxyl groups is 4. The van der Waals surface area contributed by atoms with Gasteiger partial charge in [0.2, 0.25) is 0 Å². The van der Waals surface area contributed by atoms with Gasteiger partial charge in [-0.25, -0.2) is 4.79 Å². The third kappa shape index (κ3) is 5.73. The predicted octanol–water partition coefficient (Wildman–Crippen LogP) is -0.635. The van der Waals surface area contributed by atoms with E-state index >= 15 is 0 Å². The van der Waals surface area contributed by atoms with Gasteiger partial charge < -0.3 is 35.2 Å². The molecule has 0 bridgehead atoms. The van der Waals surface area contributed by atoms with Crippen molar-refractivity contribution in [3.8, 4) is 0 Å². The van der Waals surface area contributed by atoms with E-state index in [4.69, 9.17) is 14.6 Å². The predicted molar refractivity (Wildman–Crippen MR) is 86.8 cm³/mol. The van der Waals surface area contributed by atoms with Gasteiger partial charge in [0.15, 0.2) is 0 Å². The van der Waals surface area contributed by atoms with Crippen molar-refractivity contribution < 1.29 is 34.7 Å². The molecule has 4 atom stereocenters. The van der Waals surface area contributed by atoms with Gasteiger partial charge >= 0.3 is 5.97 Å². The largest absolute Gasteiger partial charge is 0.462 e. The lowest BCUT2D eigenvalue weighted by molar-refractivity contribution is -0.127. The van der Waals surface area contributed by atoms with E-state index in [-0.39, 0.29) is 6.54 Å². The molecule has 0 aliphatic rings. The van der Waals surface area contributed by atoms with Gasteiger partial charge in [0.25, 0.3) is 0 Å². The van der Waals surface area contributed by atoms with Crippen LogP contribution in [0.25, 0.3) is 0 Å². The number of rotatable bonds is 10. The Labute approximate surface area is 140 Å². The Kier molecular flexibility index (Phi) is 8.66. The summed E-state index contributed by atoms with van der Waals surface area (Å²) in [6.07, 6.45) is -5.04. The van der Waals surface area contributed by atoms with E-state index in [1.54, 1.807) is 31.2 Å². The van der Waals surface area contributed by atoms with E-state index in [2.05, 4.69) is 5.32 Å². The van der Waals surface area contributed by atoms with Crippen LogP contribution in [0.3, 0.4) is 0 Å². The number of esters is 1. The molecule has 0 saturated carbocycles. The monoisotopic (exact) mass is 343 g/mol. The number of aliphatic hydroxyl groups excluding tert-OH is 4. The van der Waals surface area contributed by atoms with Gasteiger partial charge in [-0.1, -0.05) is 0 Å². The molecule has 136 valence electrons. The molecule has 24 heavy (non-hydrogen) atoms. The number of anilines is 1. The van der Waals surface area contributed by atoms with E-state index in [0.717, 1.165) is 0 Å². The Bertz CT molecular complexity index is 494. The minimum Gasteiger partial charge on any atom is -0.462 e. The van der Waals surface area contributed by atoms with Crippen LogP contribution in [-0.2, 0) is 9.47 Å². The number of benzene rings is 1. The minimum atomic E-state index is -1.39. The van der Waals surface area contributed by atoms with Crippen molar-refractivity contribution in [2.75, 3.05) is 32.2 Å². The number of hydrogen-bond donors (Lipinski definition) is 5. The Hall–Kier alpha value is -1.71. The summed E-state index contributed by atoms with van der Waals surface area (Å²) in [5.74, 6) is -0.416. The fraction of sp³-hybridized carbons (Fsp3) is 0.562. The first-order valence-corrected chi connectivity index (χ1v) is 7.63. The zero-order valence-electron chi connectivity index (χ0n) is 13.8. The van der Waals surface area contributed by atoms with Crippen molar-refractivity contribution >= 4 is 11.7 Å². The van der Waals surface area contributed by atoms with Crippen LogP contribution in [0.15, 0.2) is 24.3 Å². The van der Waals surface area contributed by atoms with Crippen LogP contribution >= 0.6 is 0 Å². The third-order valence-corrected chi connectivity index (χ3v) is 3.48. The maximum atomic E-state index is 11.5. The smallest absolute Gasteiger partial charge is 0.338 e. The number of ether oxygens (including phenoxy) is 2. The van der Waals surface area contributed by atoms with Gasteiger partial charge in [-0.05, 0) is 31.2 Å². The summed E-state index contributed by atoms with van der Waals surface area (Å²) in [6, 6.07) is 6.44. The normalized spacial score (nSPS) is 16.1. The molecule has 1 aromatic carbocycles. The van der Waals surface area contributed by atoms with Crippen LogP contribution in [0.2, 0.25) is 0 Å². The summed E-state index contributed by atoms with van der Waals surface area (Å²) in [7, 11) is 1.26. The van der Waals surface area contributed by atoms with Gasteiger partial charge in [-0.3, -0.25) is 0 Å². The first-order chi connectivity index (χ1) is 11.4. The maximum absolute atomic E-state index is 11.5. The van der Waals surface area contributed by atoms with Crippen molar-refractivity contribution in [1.29, 1.82) is 0 Å². The van der Waals surface area contributed by atoms with E-state index in [9.17, 15) is 20.1 Å². The average Bonchev–Trinajstić information content (AvgIpc) is 2.60. The van der Waals surface area contributed by atoms with Crippen molar-refractivity contribution in [2.24, 2.45) is 0 Å². The lowest BCUT2D eigenvalue weighted by Gasteiger charge is -2.28. The number of nitrogens with one attached hydrogen (secondary N) is 1. The summed E-state index contributed by atoms with van der Waals surface area (Å²) in [4.78, 5) is 11.5. The molecule has 1 rings (SSSR count). The summed E-state index contributed by atoms with van der Waals surface area (Å²) in [5, 5.41) is 41.3. The molecule has 1 aromatic rings. The first kappa shape index (κ1) is 20.3. The molecule has 0 aliphatic heterocycles. The summed E-state index contributed by atoms with van der Waals surface area (Å²) >= 11 is 0. The molecule has 0 saturated heterocycles. The number of hydrogen-bond acceptors (Lipinski definition) is 8. The maximum Gasteiger partial charge on any atom is 0.338 e. The fourth-order valence-electron chi connectivity index (χ4n) is 2.13. The Morgan fingerprint density at radius 1 is 1.17 bits per heavy atom. The highest BCUT2D eigenvalue weighted by atomic mass is 16.5. The summed E-state index contributed by atoms with van der Waals surface area (Å²) in [5.41, 5.74) is 1.04. The summed E-state index contributed by atoms with van der Waals surface area (Å²) < 4.78 is 9.78. The Morgan fingerprint density at radius 2 is 1.79 bits per heavy atom. The molecule has 4 unspecified atom stereocenters. The highest BCUT2D eigenvalue weighted by Crippen LogP contribution is 2.13. The minimum absolute atomic E-state index is 0.0159. The molecule has 8 heteroatoms. The molecule has 0 fully saturated rings. The molecule has 0 aliphatic carbocycles. The van der Waals surface area contributed by atoms with Crippen LogP contribution in [0.5, 0.6) is 0 Å². The highest BCUT2D eigenvalue weighted by molar-refractivity contribution is 5.89. The molecular weight excluding hydrogens is 318 g/mol. The van der Waals surface area contributed by atoms with Crippen LogP contribution in [0.4, 0.5) is 5.69 Å². The van der Waals surface area contributed by atoms with Crippen molar-refractivity contribution in [2.45, 2.75) is 31.3 Å².